The number of rotatable bonds is 4. The van der Waals surface area contributed by atoms with Crippen molar-refractivity contribution in [3.8, 4) is 0 Å². The van der Waals surface area contributed by atoms with Gasteiger partial charge in [-0.1, -0.05) is 32.6 Å². The fraction of sp³-hybridized carbons (Fsp3) is 0.857. The van der Waals surface area contributed by atoms with Crippen molar-refractivity contribution < 1.29 is 25.8 Å². The van der Waals surface area contributed by atoms with E-state index in [0.29, 0.717) is 0 Å². The topological polar surface area (TPSA) is 0 Å². The van der Waals surface area contributed by atoms with Gasteiger partial charge in [0.15, 0.2) is 0 Å². The van der Waals surface area contributed by atoms with Crippen molar-refractivity contribution >= 4 is 0 Å². The second-order valence-electron chi connectivity index (χ2n) is 1.91. The third-order valence-corrected chi connectivity index (χ3v) is 1.10. The van der Waals surface area contributed by atoms with E-state index >= 15 is 0 Å². The fourth-order valence-electron chi connectivity index (χ4n) is 0.604. The molecule has 0 radical (unpaired) electrons. The van der Waals surface area contributed by atoms with Crippen molar-refractivity contribution in [2.75, 3.05) is 0 Å². The summed E-state index contributed by atoms with van der Waals surface area (Å²) in [5.41, 5.74) is 0. The van der Waals surface area contributed by atoms with E-state index in [4.69, 9.17) is 0 Å². The maximum atomic E-state index is 3.76. The Hall–Kier alpha value is 0.870. The van der Waals surface area contributed by atoms with Crippen LogP contribution in [-0.4, -0.2) is 0 Å². The molecule has 0 fully saturated rings. The summed E-state index contributed by atoms with van der Waals surface area (Å²) in [6.07, 6.45) is 6.52. The molecule has 0 amide bonds. The zero-order valence-corrected chi connectivity index (χ0v) is 9.34. The van der Waals surface area contributed by atoms with Gasteiger partial charge in [-0.15, -0.1) is 0 Å². The van der Waals surface area contributed by atoms with Gasteiger partial charge in [-0.05, 0) is 0 Å². The standard InChI is InChI=1S/C7H15.Hf/c1-3-5-7-6-4-2;/h1,3-7H2,2H3;/q-1;. The van der Waals surface area contributed by atoms with Gasteiger partial charge >= 0.3 is 0 Å². The van der Waals surface area contributed by atoms with Crippen molar-refractivity contribution in [3.63, 3.8) is 0 Å². The second-order valence-corrected chi connectivity index (χ2v) is 1.91. The number of unbranched alkanes of at least 4 members (excludes halogenated alkanes) is 4. The van der Waals surface area contributed by atoms with Crippen molar-refractivity contribution in [2.45, 2.75) is 39.0 Å². The smallest absolute Gasteiger partial charge is 0 e. The van der Waals surface area contributed by atoms with Crippen LogP contribution in [0.3, 0.4) is 0 Å². The Morgan fingerprint density at radius 3 is 2.12 bits per heavy atom. The molecule has 0 rings (SSSR count). The molecule has 0 unspecified atom stereocenters. The summed E-state index contributed by atoms with van der Waals surface area (Å²) in [4.78, 5) is 0. The molecule has 48 valence electrons. The first-order chi connectivity index (χ1) is 3.41. The summed E-state index contributed by atoms with van der Waals surface area (Å²) in [6, 6.07) is 0. The van der Waals surface area contributed by atoms with E-state index in [-0.39, 0.29) is 25.8 Å². The molecule has 0 aliphatic heterocycles. The number of hydrogen-bond donors (Lipinski definition) is 0. The van der Waals surface area contributed by atoms with Crippen LogP contribution in [-0.2, 0) is 25.8 Å². The van der Waals surface area contributed by atoms with Gasteiger partial charge in [0.25, 0.3) is 0 Å². The van der Waals surface area contributed by atoms with E-state index in [1.807, 2.05) is 0 Å². The first-order valence-electron chi connectivity index (χ1n) is 3.21. The maximum Gasteiger partial charge on any atom is 0 e. The van der Waals surface area contributed by atoms with Gasteiger partial charge in [0, 0.05) is 25.8 Å². The van der Waals surface area contributed by atoms with E-state index in [2.05, 4.69) is 13.8 Å². The Bertz CT molecular complexity index is 23.6. The summed E-state index contributed by atoms with van der Waals surface area (Å²) in [5.74, 6) is 0. The Morgan fingerprint density at radius 1 is 1.12 bits per heavy atom. The first-order valence-corrected chi connectivity index (χ1v) is 3.21. The van der Waals surface area contributed by atoms with Crippen LogP contribution in [0.5, 0.6) is 0 Å². The molecule has 0 aromatic heterocycles. The Morgan fingerprint density at radius 2 is 1.75 bits per heavy atom. The minimum atomic E-state index is 0. The Balaban J connectivity index is 0. The fourth-order valence-corrected chi connectivity index (χ4v) is 0.604. The van der Waals surface area contributed by atoms with E-state index in [1.165, 1.54) is 25.7 Å². The SMILES string of the molecule is [CH2-]CCCCCC.[Hf]. The minimum absolute atomic E-state index is 0. The van der Waals surface area contributed by atoms with Gasteiger partial charge in [0.1, 0.15) is 0 Å². The van der Waals surface area contributed by atoms with Crippen LogP contribution in [0.1, 0.15) is 39.0 Å². The van der Waals surface area contributed by atoms with Crippen LogP contribution in [0.2, 0.25) is 0 Å². The largest absolute Gasteiger partial charge is 0.343 e. The summed E-state index contributed by atoms with van der Waals surface area (Å²) in [6.45, 7) is 5.98. The van der Waals surface area contributed by atoms with Crippen LogP contribution < -0.4 is 0 Å². The minimum Gasteiger partial charge on any atom is -0.343 e. The van der Waals surface area contributed by atoms with Gasteiger partial charge in [0.05, 0.1) is 0 Å². The van der Waals surface area contributed by atoms with Crippen LogP contribution in [0.15, 0.2) is 0 Å². The quantitative estimate of drug-likeness (QED) is 0.421. The molecule has 0 bridgehead atoms. The molecule has 0 saturated carbocycles. The van der Waals surface area contributed by atoms with Crippen LogP contribution >= 0.6 is 0 Å². The molecular formula is C7H15Hf-. The van der Waals surface area contributed by atoms with Crippen LogP contribution in [0, 0.1) is 6.92 Å². The molecule has 0 nitrogen and oxygen atoms in total. The summed E-state index contributed by atoms with van der Waals surface area (Å²) in [5, 5.41) is 0. The van der Waals surface area contributed by atoms with Gasteiger partial charge in [-0.3, -0.25) is 0 Å². The monoisotopic (exact) mass is 279 g/mol. The molecule has 0 spiro atoms. The summed E-state index contributed by atoms with van der Waals surface area (Å²) >= 11 is 0. The van der Waals surface area contributed by atoms with E-state index in [1.54, 1.807) is 0 Å². The molecule has 0 N–H and O–H groups in total. The van der Waals surface area contributed by atoms with E-state index in [0.717, 1.165) is 6.42 Å². The summed E-state index contributed by atoms with van der Waals surface area (Å²) in [7, 11) is 0. The van der Waals surface area contributed by atoms with E-state index in [9.17, 15) is 0 Å². The van der Waals surface area contributed by atoms with Gasteiger partial charge in [-0.2, -0.15) is 6.42 Å². The molecule has 1 heteroatoms. The molecule has 0 atom stereocenters. The van der Waals surface area contributed by atoms with Crippen LogP contribution in [0.25, 0.3) is 0 Å². The predicted molar refractivity (Wildman–Crippen MR) is 34.1 cm³/mol. The first kappa shape index (κ1) is 11.6. The van der Waals surface area contributed by atoms with Gasteiger partial charge in [0.2, 0.25) is 0 Å². The molecule has 0 aromatic rings. The van der Waals surface area contributed by atoms with Crippen molar-refractivity contribution in [2.24, 2.45) is 0 Å². The zero-order valence-electron chi connectivity index (χ0n) is 5.74. The van der Waals surface area contributed by atoms with Gasteiger partial charge in [-0.25, -0.2) is 0 Å². The normalized spacial score (nSPS) is 8.25. The molecular weight excluding hydrogens is 263 g/mol. The van der Waals surface area contributed by atoms with Gasteiger partial charge < -0.3 is 6.92 Å². The van der Waals surface area contributed by atoms with Crippen molar-refractivity contribution in [3.05, 3.63) is 6.92 Å². The third-order valence-electron chi connectivity index (χ3n) is 1.10. The Kier molecular flexibility index (Phi) is 15.7. The third kappa shape index (κ3) is 9.98. The summed E-state index contributed by atoms with van der Waals surface area (Å²) < 4.78 is 0. The average molecular weight is 278 g/mol. The molecule has 8 heavy (non-hydrogen) atoms. The molecule has 0 saturated heterocycles. The van der Waals surface area contributed by atoms with Crippen LogP contribution in [0.4, 0.5) is 0 Å². The zero-order chi connectivity index (χ0) is 5.54. The average Bonchev–Trinajstić information content (AvgIpc) is 1.69. The molecule has 0 heterocycles. The number of hydrogen-bond acceptors (Lipinski definition) is 0. The molecule has 0 aliphatic carbocycles. The van der Waals surface area contributed by atoms with Crippen molar-refractivity contribution in [1.29, 1.82) is 0 Å². The Labute approximate surface area is 71.8 Å². The molecule has 0 aliphatic rings. The second kappa shape index (κ2) is 10.8. The molecule has 0 aromatic carbocycles. The maximum absolute atomic E-state index is 3.76. The van der Waals surface area contributed by atoms with E-state index < -0.39 is 0 Å². The van der Waals surface area contributed by atoms with Crippen molar-refractivity contribution in [1.82, 2.24) is 0 Å². The predicted octanol–water partition coefficient (Wildman–Crippen LogP) is 2.79.